The van der Waals surface area contributed by atoms with Crippen molar-refractivity contribution >= 4 is 11.6 Å². The van der Waals surface area contributed by atoms with E-state index in [1.54, 1.807) is 0 Å². The number of carbonyl (C=O) groups excluding carboxylic acids is 1. The Morgan fingerprint density at radius 2 is 1.90 bits per heavy atom. The molecule has 156 valence electrons. The summed E-state index contributed by atoms with van der Waals surface area (Å²) in [5, 5.41) is 4.64. The molecule has 1 aliphatic carbocycles. The lowest BCUT2D eigenvalue weighted by Gasteiger charge is -2.34. The first kappa shape index (κ1) is 19.9. The molecule has 1 saturated heterocycles. The van der Waals surface area contributed by atoms with E-state index in [1.807, 2.05) is 35.1 Å². The highest BCUT2D eigenvalue weighted by Gasteiger charge is 2.31. The molecule has 2 aromatic rings. The van der Waals surface area contributed by atoms with Crippen molar-refractivity contribution in [2.45, 2.75) is 52.0 Å². The Bertz CT molecular complexity index is 821. The fourth-order valence-corrected chi connectivity index (χ4v) is 4.49. The number of anilines is 1. The van der Waals surface area contributed by atoms with Crippen LogP contribution in [0.4, 0.5) is 5.69 Å². The molecular weight excluding hydrogens is 362 g/mol. The van der Waals surface area contributed by atoms with E-state index >= 15 is 0 Å². The number of pyridine rings is 1. The fraction of sp³-hybridized carbons (Fsp3) is 0.609. The molecule has 6 heteroatoms. The van der Waals surface area contributed by atoms with Gasteiger partial charge < -0.3 is 9.80 Å². The lowest BCUT2D eigenvalue weighted by Crippen LogP contribution is -2.35. The van der Waals surface area contributed by atoms with Crippen molar-refractivity contribution in [1.29, 1.82) is 0 Å². The summed E-state index contributed by atoms with van der Waals surface area (Å²) in [7, 11) is 1.91. The quantitative estimate of drug-likeness (QED) is 0.713. The second-order valence-electron chi connectivity index (χ2n) is 8.84. The first-order valence-electron chi connectivity index (χ1n) is 11.0. The first-order chi connectivity index (χ1) is 14.0. The third-order valence-electron chi connectivity index (χ3n) is 6.69. The van der Waals surface area contributed by atoms with Crippen molar-refractivity contribution in [1.82, 2.24) is 19.7 Å². The van der Waals surface area contributed by atoms with Crippen LogP contribution < -0.4 is 4.90 Å². The molecular formula is C23H33N5O. The number of hydrogen-bond donors (Lipinski definition) is 0. The summed E-state index contributed by atoms with van der Waals surface area (Å²) in [4.78, 5) is 21.3. The topological polar surface area (TPSA) is 54.3 Å². The maximum absolute atomic E-state index is 12.9. The highest BCUT2D eigenvalue weighted by Crippen LogP contribution is 2.39. The summed E-state index contributed by atoms with van der Waals surface area (Å²) in [6, 6.07) is 6.51. The molecule has 6 nitrogen and oxygen atoms in total. The van der Waals surface area contributed by atoms with E-state index in [2.05, 4.69) is 41.0 Å². The maximum atomic E-state index is 12.9. The van der Waals surface area contributed by atoms with Crippen LogP contribution in [0.5, 0.6) is 0 Å². The molecule has 1 unspecified atom stereocenters. The van der Waals surface area contributed by atoms with Gasteiger partial charge in [-0.1, -0.05) is 0 Å². The molecule has 1 aliphatic heterocycles. The summed E-state index contributed by atoms with van der Waals surface area (Å²) < 4.78 is 2.05. The van der Waals surface area contributed by atoms with Crippen LogP contribution in [-0.4, -0.2) is 52.3 Å². The molecule has 2 fully saturated rings. The second kappa shape index (κ2) is 8.56. The molecule has 0 spiro atoms. The molecule has 1 saturated carbocycles. The number of nitrogens with zero attached hydrogens (tertiary/aromatic N) is 5. The second-order valence-corrected chi connectivity index (χ2v) is 8.84. The lowest BCUT2D eigenvalue weighted by molar-refractivity contribution is 0.0778. The van der Waals surface area contributed by atoms with Crippen LogP contribution in [-0.2, 0) is 0 Å². The Morgan fingerprint density at radius 1 is 1.21 bits per heavy atom. The van der Waals surface area contributed by atoms with E-state index in [0.717, 1.165) is 37.7 Å². The molecule has 0 bridgehead atoms. The molecule has 29 heavy (non-hydrogen) atoms. The van der Waals surface area contributed by atoms with E-state index in [4.69, 9.17) is 0 Å². The lowest BCUT2D eigenvalue weighted by atomic mass is 9.93. The van der Waals surface area contributed by atoms with E-state index in [9.17, 15) is 4.79 Å². The number of hydrogen-bond acceptors (Lipinski definition) is 4. The standard InChI is InChI=1S/C23H33N5O/c1-17-16-22(25-28(17)18(2)20-4-5-20)23(29)26(3)13-8-19-9-14-27(15-10-19)21-6-11-24-12-7-21/h6-7,11-12,16,18-20H,4-5,8-10,13-15H2,1-3H3. The zero-order valence-corrected chi connectivity index (χ0v) is 17.9. The summed E-state index contributed by atoms with van der Waals surface area (Å²) in [6.07, 6.45) is 9.69. The zero-order chi connectivity index (χ0) is 20.4. The van der Waals surface area contributed by atoms with Gasteiger partial charge in [0, 0.05) is 50.5 Å². The Kier molecular flexibility index (Phi) is 5.88. The van der Waals surface area contributed by atoms with Crippen LogP contribution in [0.2, 0.25) is 0 Å². The third kappa shape index (κ3) is 4.62. The summed E-state index contributed by atoms with van der Waals surface area (Å²) in [5.41, 5.74) is 2.94. The van der Waals surface area contributed by atoms with Crippen molar-refractivity contribution in [3.05, 3.63) is 42.0 Å². The minimum atomic E-state index is 0.0454. The van der Waals surface area contributed by atoms with E-state index in [1.165, 1.54) is 31.4 Å². The average molecular weight is 396 g/mol. The number of piperidine rings is 1. The maximum Gasteiger partial charge on any atom is 0.274 e. The van der Waals surface area contributed by atoms with Crippen LogP contribution in [0, 0.1) is 18.8 Å². The highest BCUT2D eigenvalue weighted by molar-refractivity contribution is 5.92. The molecule has 0 aromatic carbocycles. The molecule has 3 heterocycles. The van der Waals surface area contributed by atoms with Crippen molar-refractivity contribution in [2.75, 3.05) is 31.6 Å². The van der Waals surface area contributed by atoms with Gasteiger partial charge in [0.25, 0.3) is 5.91 Å². The van der Waals surface area contributed by atoms with Gasteiger partial charge in [0.05, 0.1) is 6.04 Å². The molecule has 4 rings (SSSR count). The van der Waals surface area contributed by atoms with Gasteiger partial charge in [0.15, 0.2) is 5.69 Å². The molecule has 1 atom stereocenters. The van der Waals surface area contributed by atoms with Crippen molar-refractivity contribution < 1.29 is 4.79 Å². The number of rotatable bonds is 7. The summed E-state index contributed by atoms with van der Waals surface area (Å²) in [6.45, 7) is 7.22. The largest absolute Gasteiger partial charge is 0.371 e. The normalized spacial score (nSPS) is 18.7. The fourth-order valence-electron chi connectivity index (χ4n) is 4.49. The van der Waals surface area contributed by atoms with E-state index in [-0.39, 0.29) is 5.91 Å². The minimum Gasteiger partial charge on any atom is -0.371 e. The van der Waals surface area contributed by atoms with Crippen LogP contribution >= 0.6 is 0 Å². The van der Waals surface area contributed by atoms with Crippen molar-refractivity contribution in [3.8, 4) is 0 Å². The van der Waals surface area contributed by atoms with Crippen LogP contribution in [0.1, 0.15) is 61.3 Å². The monoisotopic (exact) mass is 395 g/mol. The van der Waals surface area contributed by atoms with Gasteiger partial charge in [0.2, 0.25) is 0 Å². The minimum absolute atomic E-state index is 0.0454. The molecule has 0 radical (unpaired) electrons. The number of aromatic nitrogens is 3. The zero-order valence-electron chi connectivity index (χ0n) is 17.9. The Balaban J connectivity index is 1.26. The summed E-state index contributed by atoms with van der Waals surface area (Å²) >= 11 is 0. The number of aryl methyl sites for hydroxylation is 1. The van der Waals surface area contributed by atoms with Gasteiger partial charge in [-0.15, -0.1) is 0 Å². The number of amides is 1. The van der Waals surface area contributed by atoms with Gasteiger partial charge in [-0.2, -0.15) is 5.10 Å². The van der Waals surface area contributed by atoms with Gasteiger partial charge in [-0.25, -0.2) is 0 Å². The average Bonchev–Trinajstić information content (AvgIpc) is 3.54. The van der Waals surface area contributed by atoms with Gasteiger partial charge in [-0.3, -0.25) is 14.5 Å². The van der Waals surface area contributed by atoms with Crippen molar-refractivity contribution in [3.63, 3.8) is 0 Å². The molecule has 1 amide bonds. The van der Waals surface area contributed by atoms with E-state index < -0.39 is 0 Å². The Labute approximate surface area is 173 Å². The third-order valence-corrected chi connectivity index (χ3v) is 6.69. The number of carbonyl (C=O) groups is 1. The summed E-state index contributed by atoms with van der Waals surface area (Å²) in [5.74, 6) is 1.45. The van der Waals surface area contributed by atoms with Crippen molar-refractivity contribution in [2.24, 2.45) is 11.8 Å². The molecule has 2 aliphatic rings. The van der Waals surface area contributed by atoms with Gasteiger partial charge in [-0.05, 0) is 76.0 Å². The Morgan fingerprint density at radius 3 is 2.55 bits per heavy atom. The van der Waals surface area contributed by atoms with E-state index in [0.29, 0.717) is 17.7 Å². The van der Waals surface area contributed by atoms with Gasteiger partial charge >= 0.3 is 0 Å². The smallest absolute Gasteiger partial charge is 0.274 e. The molecule has 2 aromatic heterocycles. The highest BCUT2D eigenvalue weighted by atomic mass is 16.2. The molecule has 0 N–H and O–H groups in total. The van der Waals surface area contributed by atoms with Gasteiger partial charge in [0.1, 0.15) is 0 Å². The van der Waals surface area contributed by atoms with Crippen LogP contribution in [0.25, 0.3) is 0 Å². The predicted octanol–water partition coefficient (Wildman–Crippen LogP) is 3.94. The predicted molar refractivity (Wildman–Crippen MR) is 115 cm³/mol. The SMILES string of the molecule is Cc1cc(C(=O)N(C)CCC2CCN(c3ccncc3)CC2)nn1C(C)C1CC1. The Hall–Kier alpha value is -2.37. The van der Waals surface area contributed by atoms with Crippen LogP contribution in [0.3, 0.4) is 0 Å². The first-order valence-corrected chi connectivity index (χ1v) is 11.0. The van der Waals surface area contributed by atoms with Crippen LogP contribution in [0.15, 0.2) is 30.6 Å².